The molecule has 3 rings (SSSR count). The minimum absolute atomic E-state index is 0.241. The summed E-state index contributed by atoms with van der Waals surface area (Å²) in [4.78, 5) is 30.5. The summed E-state index contributed by atoms with van der Waals surface area (Å²) >= 11 is 0. The molecule has 0 amide bonds. The van der Waals surface area contributed by atoms with Gasteiger partial charge >= 0.3 is 11.9 Å². The van der Waals surface area contributed by atoms with Crippen LogP contribution in [0.25, 0.3) is 12.2 Å². The van der Waals surface area contributed by atoms with Gasteiger partial charge in [0.1, 0.15) is 5.92 Å². The van der Waals surface area contributed by atoms with Crippen LogP contribution in [0.2, 0.25) is 0 Å². The van der Waals surface area contributed by atoms with E-state index in [1.54, 1.807) is 20.8 Å². The third-order valence-electron chi connectivity index (χ3n) is 5.45. The number of hydrogen-bond acceptors (Lipinski definition) is 5. The molecule has 0 spiro atoms. The first-order chi connectivity index (χ1) is 15.5. The van der Waals surface area contributed by atoms with Gasteiger partial charge in [0.15, 0.2) is 0 Å². The fourth-order valence-corrected chi connectivity index (χ4v) is 4.08. The summed E-state index contributed by atoms with van der Waals surface area (Å²) in [5, 5.41) is 0. The Bertz CT molecular complexity index is 1070. The van der Waals surface area contributed by atoms with Gasteiger partial charge in [-0.2, -0.15) is 0 Å². The molecular formula is C27H29NO4. The van der Waals surface area contributed by atoms with Gasteiger partial charge in [-0.25, -0.2) is 4.79 Å². The number of carbonyl (C=O) groups is 2. The predicted molar refractivity (Wildman–Crippen MR) is 127 cm³/mol. The van der Waals surface area contributed by atoms with Crippen molar-refractivity contribution in [3.63, 3.8) is 0 Å². The van der Waals surface area contributed by atoms with Gasteiger partial charge in [0.05, 0.1) is 18.8 Å². The molecule has 1 aliphatic rings. The van der Waals surface area contributed by atoms with Crippen molar-refractivity contribution in [2.75, 3.05) is 13.2 Å². The van der Waals surface area contributed by atoms with Crippen LogP contribution in [0, 0.1) is 5.92 Å². The van der Waals surface area contributed by atoms with Crippen LogP contribution in [0.1, 0.15) is 50.3 Å². The lowest BCUT2D eigenvalue weighted by molar-refractivity contribution is -0.146. The highest BCUT2D eigenvalue weighted by molar-refractivity contribution is 6.07. The van der Waals surface area contributed by atoms with E-state index in [0.717, 1.165) is 16.7 Å². The van der Waals surface area contributed by atoms with Gasteiger partial charge in [0.2, 0.25) is 0 Å². The zero-order valence-corrected chi connectivity index (χ0v) is 19.0. The maximum atomic E-state index is 13.0. The normalized spacial score (nSPS) is 18.4. The number of esters is 2. The molecule has 0 bridgehead atoms. The van der Waals surface area contributed by atoms with Gasteiger partial charge in [-0.05, 0) is 44.4 Å². The molecule has 5 nitrogen and oxygen atoms in total. The molecule has 2 unspecified atom stereocenters. The van der Waals surface area contributed by atoms with E-state index < -0.39 is 23.8 Å². The molecule has 0 fully saturated rings. The average Bonchev–Trinajstić information content (AvgIpc) is 2.78. The molecule has 2 atom stereocenters. The molecule has 166 valence electrons. The Morgan fingerprint density at radius 2 is 1.56 bits per heavy atom. The minimum Gasteiger partial charge on any atom is -0.465 e. The Kier molecular flexibility index (Phi) is 7.77. The van der Waals surface area contributed by atoms with E-state index in [0.29, 0.717) is 17.0 Å². The van der Waals surface area contributed by atoms with Crippen molar-refractivity contribution in [1.29, 1.82) is 0 Å². The highest BCUT2D eigenvalue weighted by Crippen LogP contribution is 2.41. The maximum absolute atomic E-state index is 13.0. The van der Waals surface area contributed by atoms with Crippen LogP contribution in [0.3, 0.4) is 0 Å². The van der Waals surface area contributed by atoms with Crippen molar-refractivity contribution in [2.45, 2.75) is 33.6 Å². The summed E-state index contributed by atoms with van der Waals surface area (Å²) in [5.74, 6) is -2.11. The van der Waals surface area contributed by atoms with Gasteiger partial charge < -0.3 is 9.47 Å². The second kappa shape index (κ2) is 10.7. The highest BCUT2D eigenvalue weighted by atomic mass is 16.5. The summed E-state index contributed by atoms with van der Waals surface area (Å²) in [7, 11) is 0. The second-order valence-electron chi connectivity index (χ2n) is 7.55. The Balaban J connectivity index is 2.16. The third-order valence-corrected chi connectivity index (χ3v) is 5.45. The molecule has 0 saturated carbocycles. The van der Waals surface area contributed by atoms with E-state index in [4.69, 9.17) is 9.47 Å². The van der Waals surface area contributed by atoms with E-state index in [1.807, 2.05) is 73.7 Å². The molecule has 0 radical (unpaired) electrons. The third kappa shape index (κ3) is 5.05. The molecule has 0 N–H and O–H groups in total. The first kappa shape index (κ1) is 23.2. The van der Waals surface area contributed by atoms with Gasteiger partial charge in [-0.1, -0.05) is 66.7 Å². The molecule has 0 saturated heterocycles. The largest absolute Gasteiger partial charge is 0.465 e. The van der Waals surface area contributed by atoms with Crippen LogP contribution in [-0.4, -0.2) is 30.9 Å². The number of benzene rings is 2. The number of ether oxygens (including phenoxy) is 2. The predicted octanol–water partition coefficient (Wildman–Crippen LogP) is 5.43. The lowest BCUT2D eigenvalue weighted by Crippen LogP contribution is -2.36. The first-order valence-electron chi connectivity index (χ1n) is 10.9. The Morgan fingerprint density at radius 1 is 0.906 bits per heavy atom. The van der Waals surface area contributed by atoms with E-state index >= 15 is 0 Å². The van der Waals surface area contributed by atoms with Crippen molar-refractivity contribution in [1.82, 2.24) is 0 Å². The lowest BCUT2D eigenvalue weighted by atomic mass is 9.74. The van der Waals surface area contributed by atoms with E-state index in [1.165, 1.54) is 0 Å². The molecule has 0 aliphatic carbocycles. The van der Waals surface area contributed by atoms with E-state index in [9.17, 15) is 9.59 Å². The Labute approximate surface area is 189 Å². The number of hydrogen-bond donors (Lipinski definition) is 0. The topological polar surface area (TPSA) is 65.0 Å². The van der Waals surface area contributed by atoms with Crippen LogP contribution in [0.5, 0.6) is 0 Å². The number of nitrogens with zero attached hydrogens (tertiary/aromatic N) is 1. The fourth-order valence-electron chi connectivity index (χ4n) is 4.08. The summed E-state index contributed by atoms with van der Waals surface area (Å²) in [6.07, 6.45) is 4.02. The van der Waals surface area contributed by atoms with Gasteiger partial charge in [-0.15, -0.1) is 0 Å². The SMILES string of the molecule is CCOC(=O)C1=C(C)N=C(C)C(C(=O)OCC)C1c1ccccc1C=Cc1ccccc1. The van der Waals surface area contributed by atoms with Crippen LogP contribution in [0.15, 0.2) is 70.9 Å². The van der Waals surface area contributed by atoms with E-state index in [2.05, 4.69) is 4.99 Å². The first-order valence-corrected chi connectivity index (χ1v) is 10.9. The zero-order chi connectivity index (χ0) is 23.1. The van der Waals surface area contributed by atoms with Crippen molar-refractivity contribution in [2.24, 2.45) is 10.9 Å². The van der Waals surface area contributed by atoms with Crippen molar-refractivity contribution < 1.29 is 19.1 Å². The van der Waals surface area contributed by atoms with Crippen molar-refractivity contribution in [3.05, 3.63) is 82.6 Å². The lowest BCUT2D eigenvalue weighted by Gasteiger charge is -2.32. The highest BCUT2D eigenvalue weighted by Gasteiger charge is 2.42. The quantitative estimate of drug-likeness (QED) is 0.433. The molecule has 1 aliphatic heterocycles. The summed E-state index contributed by atoms with van der Waals surface area (Å²) in [6.45, 7) is 7.62. The second-order valence-corrected chi connectivity index (χ2v) is 7.55. The summed E-state index contributed by atoms with van der Waals surface area (Å²) < 4.78 is 10.7. The number of carbonyl (C=O) groups excluding carboxylic acids is 2. The monoisotopic (exact) mass is 431 g/mol. The van der Waals surface area contributed by atoms with E-state index in [-0.39, 0.29) is 13.2 Å². The molecule has 2 aromatic carbocycles. The molecule has 5 heteroatoms. The van der Waals surface area contributed by atoms with Crippen LogP contribution in [0.4, 0.5) is 0 Å². The summed E-state index contributed by atoms with van der Waals surface area (Å²) in [6, 6.07) is 17.8. The number of aliphatic imine (C=N–C) groups is 1. The molecule has 1 heterocycles. The van der Waals surface area contributed by atoms with Crippen LogP contribution < -0.4 is 0 Å². The fraction of sp³-hybridized carbons (Fsp3) is 0.296. The van der Waals surface area contributed by atoms with Crippen LogP contribution >= 0.6 is 0 Å². The zero-order valence-electron chi connectivity index (χ0n) is 19.0. The molecule has 0 aromatic heterocycles. The summed E-state index contributed by atoms with van der Waals surface area (Å²) in [5.41, 5.74) is 4.42. The van der Waals surface area contributed by atoms with Crippen molar-refractivity contribution in [3.8, 4) is 0 Å². The molecule has 2 aromatic rings. The Hall–Kier alpha value is -3.47. The maximum Gasteiger partial charge on any atom is 0.336 e. The number of allylic oxidation sites excluding steroid dienone is 1. The van der Waals surface area contributed by atoms with Gasteiger partial charge in [0, 0.05) is 17.3 Å². The minimum atomic E-state index is -0.704. The van der Waals surface area contributed by atoms with Crippen LogP contribution in [-0.2, 0) is 19.1 Å². The van der Waals surface area contributed by atoms with Gasteiger partial charge in [0.25, 0.3) is 0 Å². The van der Waals surface area contributed by atoms with Crippen molar-refractivity contribution >= 4 is 29.8 Å². The molecular weight excluding hydrogens is 402 g/mol. The standard InChI is InChI=1S/C27H29NO4/c1-5-31-26(29)23-18(3)28-19(4)24(27(30)32-6-2)25(23)22-15-11-10-14-21(22)17-16-20-12-8-7-9-13-20/h7-17,23,25H,5-6H2,1-4H3. The Morgan fingerprint density at radius 3 is 2.25 bits per heavy atom. The smallest absolute Gasteiger partial charge is 0.336 e. The van der Waals surface area contributed by atoms with Gasteiger partial charge in [-0.3, -0.25) is 9.79 Å². The number of rotatable bonds is 7. The average molecular weight is 432 g/mol. The molecule has 32 heavy (non-hydrogen) atoms.